The third-order valence-electron chi connectivity index (χ3n) is 10.7. The number of carboxylic acids is 10. The van der Waals surface area contributed by atoms with Crippen molar-refractivity contribution in [2.75, 3.05) is 0 Å². The van der Waals surface area contributed by atoms with Crippen LogP contribution in [0.3, 0.4) is 0 Å². The van der Waals surface area contributed by atoms with Gasteiger partial charge in [0.2, 0.25) is 0 Å². The largest absolute Gasteiger partial charge is 0.481 e. The molecule has 0 aliphatic heterocycles. The van der Waals surface area contributed by atoms with E-state index in [1.807, 2.05) is 0 Å². The van der Waals surface area contributed by atoms with Crippen molar-refractivity contribution in [3.63, 3.8) is 0 Å². The molecule has 20 nitrogen and oxygen atoms in total. The van der Waals surface area contributed by atoms with Crippen LogP contribution in [0.2, 0.25) is 0 Å². The molecule has 0 spiro atoms. The van der Waals surface area contributed by atoms with E-state index in [4.69, 9.17) is 40.9 Å². The smallest absolute Gasteiger partial charge is 0.332 e. The maximum atomic E-state index is 12.9. The Morgan fingerprint density at radius 1 is 0.405 bits per heavy atom. The summed E-state index contributed by atoms with van der Waals surface area (Å²) in [5.74, 6) is -16.0. The molecule has 5 aromatic carbocycles. The lowest BCUT2D eigenvalue weighted by atomic mass is 9.90. The van der Waals surface area contributed by atoms with Crippen LogP contribution in [-0.4, -0.2) is 111 Å². The van der Waals surface area contributed by atoms with Gasteiger partial charge >= 0.3 is 59.7 Å². The molecule has 0 bridgehead atoms. The predicted octanol–water partition coefficient (Wildman–Crippen LogP) is 10.1. The Hall–Kier alpha value is -11.0. The quantitative estimate of drug-likeness (QED) is 0.0215. The lowest BCUT2D eigenvalue weighted by Gasteiger charge is -2.14. The van der Waals surface area contributed by atoms with Gasteiger partial charge in [-0.3, -0.25) is 24.0 Å². The van der Waals surface area contributed by atoms with Gasteiger partial charge in [0, 0.05) is 16.7 Å². The normalized spacial score (nSPS) is 11.6. The molecule has 2 unspecified atom stereocenters. The fourth-order valence-electron chi connectivity index (χ4n) is 6.64. The van der Waals surface area contributed by atoms with Gasteiger partial charge in [-0.25, -0.2) is 37.1 Å². The van der Waals surface area contributed by atoms with E-state index in [0.29, 0.717) is 27.8 Å². The van der Waals surface area contributed by atoms with Crippen molar-refractivity contribution in [2.24, 2.45) is 11.8 Å². The van der Waals surface area contributed by atoms with Crippen molar-refractivity contribution in [1.82, 2.24) is 0 Å². The van der Waals surface area contributed by atoms with E-state index in [9.17, 15) is 71.3 Å². The van der Waals surface area contributed by atoms with E-state index in [-0.39, 0.29) is 40.7 Å². The average molecular weight is 1170 g/mol. The van der Waals surface area contributed by atoms with Crippen LogP contribution >= 0.6 is 0 Å². The zero-order chi connectivity index (χ0) is 63.6. The summed E-state index contributed by atoms with van der Waals surface area (Å²) in [5.41, 5.74) is 2.30. The van der Waals surface area contributed by atoms with Crippen molar-refractivity contribution in [1.29, 1.82) is 0 Å². The Kier molecular flexibility index (Phi) is 31.3. The molecule has 5 rings (SSSR count). The lowest BCUT2D eigenvalue weighted by molar-refractivity contribution is -0.143. The molecule has 5 aromatic rings. The van der Waals surface area contributed by atoms with Gasteiger partial charge in [-0.15, -0.1) is 6.58 Å². The molecule has 23 heteroatoms. The SMILES string of the molecule is C=CCC(C(=O)O)/C(=C/c1ccc(F)cc1)C(=O)O.CC(C)=C(CC(=O)O)C(=O)O.O=C(O)/C(=C\c1ccc(F)cc1)C(Cc1ccccc1)C(=O)O.O=C(O)C/C(=C/c1ccc(F)cc1)C(=O)O.O=C(O)C/C(=C/c1ccccc1)C(=O)O. The van der Waals surface area contributed by atoms with Crippen LogP contribution < -0.4 is 0 Å². The Balaban J connectivity index is 0.000000536. The summed E-state index contributed by atoms with van der Waals surface area (Å²) < 4.78 is 38.2. The highest BCUT2D eigenvalue weighted by Crippen LogP contribution is 2.23. The van der Waals surface area contributed by atoms with Gasteiger partial charge in [0.05, 0.1) is 42.2 Å². The van der Waals surface area contributed by atoms with E-state index in [0.717, 1.165) is 5.56 Å². The number of benzene rings is 5. The first-order chi connectivity index (χ1) is 39.4. The highest BCUT2D eigenvalue weighted by atomic mass is 19.1. The van der Waals surface area contributed by atoms with E-state index in [1.54, 1.807) is 74.5 Å². The number of rotatable bonds is 23. The summed E-state index contributed by atoms with van der Waals surface area (Å²) in [6.07, 6.45) is 5.00. The van der Waals surface area contributed by atoms with Gasteiger partial charge in [0.25, 0.3) is 0 Å². The van der Waals surface area contributed by atoms with Crippen molar-refractivity contribution in [3.8, 4) is 0 Å². The molecule has 10 N–H and O–H groups in total. The van der Waals surface area contributed by atoms with Crippen LogP contribution in [-0.2, 0) is 54.4 Å². The van der Waals surface area contributed by atoms with Crippen molar-refractivity contribution in [3.05, 3.63) is 225 Å². The van der Waals surface area contributed by atoms with Crippen LogP contribution in [0, 0.1) is 29.3 Å². The van der Waals surface area contributed by atoms with Gasteiger partial charge in [-0.05, 0) is 115 Å². The predicted molar refractivity (Wildman–Crippen MR) is 298 cm³/mol. The molecule has 442 valence electrons. The fraction of sp³-hybridized carbons (Fsp3) is 0.148. The molecule has 2 atom stereocenters. The minimum absolute atomic E-state index is 0.00859. The number of hydrogen-bond acceptors (Lipinski definition) is 10. The van der Waals surface area contributed by atoms with Crippen molar-refractivity contribution < 1.29 is 112 Å². The maximum Gasteiger partial charge on any atom is 0.332 e. The van der Waals surface area contributed by atoms with E-state index < -0.39 is 108 Å². The summed E-state index contributed by atoms with van der Waals surface area (Å²) in [6, 6.07) is 32.9. The number of carbonyl (C=O) groups is 10. The molecular formula is C61H57F3O20. The fourth-order valence-corrected chi connectivity index (χ4v) is 6.64. The summed E-state index contributed by atoms with van der Waals surface area (Å²) in [5, 5.41) is 88.2. The molecule has 0 aliphatic rings. The Labute approximate surface area is 477 Å². The molecule has 0 fully saturated rings. The molecule has 0 heterocycles. The van der Waals surface area contributed by atoms with E-state index in [2.05, 4.69) is 6.58 Å². The van der Waals surface area contributed by atoms with Crippen LogP contribution in [0.15, 0.2) is 180 Å². The monoisotopic (exact) mass is 1170 g/mol. The Morgan fingerprint density at radius 3 is 1.00 bits per heavy atom. The van der Waals surface area contributed by atoms with Gasteiger partial charge in [0.15, 0.2) is 0 Å². The first-order valence-corrected chi connectivity index (χ1v) is 24.2. The standard InChI is InChI=1S/C18H15FO4.C14H13FO4.C11H9FO4.C11H10O4.C7H10O4/c19-14-8-6-13(7-9-14)11-16(18(22)23)15(17(20)21)10-12-4-2-1-3-5-12;1-2-3-11(13(16)17)12(14(18)19)8-9-4-6-10(15)7-5-9;12-9-3-1-7(2-4-9)5-8(11(15)16)6-10(13)14;12-10(13)7-9(11(14)15)6-8-4-2-1-3-5-8;1-4(2)5(7(10)11)3-6(8)9/h1-9,11,15H,10H2,(H,20,21)(H,22,23);2,4-8,11H,1,3H2,(H,16,17)(H,18,19);1-5H,6H2,(H,13,14)(H,15,16);1-6H,7H2,(H,12,13)(H,14,15);3H2,1-2H3,(H,8,9)(H,10,11)/b16-11-;12-8-;8-5-;9-6-;. The highest BCUT2D eigenvalue weighted by molar-refractivity contribution is 6.00. The molecule has 0 saturated carbocycles. The summed E-state index contributed by atoms with van der Waals surface area (Å²) in [6.45, 7) is 6.56. The highest BCUT2D eigenvalue weighted by Gasteiger charge is 2.28. The molecule has 84 heavy (non-hydrogen) atoms. The van der Waals surface area contributed by atoms with Crippen molar-refractivity contribution in [2.45, 2.75) is 46.0 Å². The molecule has 0 aliphatic carbocycles. The van der Waals surface area contributed by atoms with E-state index >= 15 is 0 Å². The summed E-state index contributed by atoms with van der Waals surface area (Å²) >= 11 is 0. The third kappa shape index (κ3) is 28.8. The number of hydrogen-bond donors (Lipinski definition) is 10. The minimum Gasteiger partial charge on any atom is -0.481 e. The molecular weight excluding hydrogens is 1110 g/mol. The topological polar surface area (TPSA) is 373 Å². The number of aliphatic carboxylic acids is 10. The Morgan fingerprint density at radius 2 is 0.726 bits per heavy atom. The van der Waals surface area contributed by atoms with Gasteiger partial charge in [-0.2, -0.15) is 0 Å². The average Bonchev–Trinajstić information content (AvgIpc) is 3.42. The minimum atomic E-state index is -1.32. The van der Waals surface area contributed by atoms with Crippen LogP contribution in [0.1, 0.15) is 67.3 Å². The Bertz CT molecular complexity index is 3270. The molecule has 0 amide bonds. The van der Waals surface area contributed by atoms with Gasteiger partial charge in [-0.1, -0.05) is 109 Å². The second-order valence-electron chi connectivity index (χ2n) is 17.3. The second-order valence-corrected chi connectivity index (χ2v) is 17.3. The first kappa shape index (κ1) is 71.0. The summed E-state index contributed by atoms with van der Waals surface area (Å²) in [4.78, 5) is 108. The number of halogens is 3. The summed E-state index contributed by atoms with van der Waals surface area (Å²) in [7, 11) is 0. The number of allylic oxidation sites excluding steroid dienone is 2. The molecule has 0 aromatic heterocycles. The zero-order valence-electron chi connectivity index (χ0n) is 44.7. The lowest BCUT2D eigenvalue weighted by Crippen LogP contribution is -2.23. The number of carboxylic acid groups (broad SMARTS) is 10. The maximum absolute atomic E-state index is 12.9. The van der Waals surface area contributed by atoms with Crippen LogP contribution in [0.5, 0.6) is 0 Å². The first-order valence-electron chi connectivity index (χ1n) is 24.2. The second kappa shape index (κ2) is 37.1. The molecule has 0 saturated heterocycles. The molecule has 0 radical (unpaired) electrons. The van der Waals surface area contributed by atoms with Gasteiger partial charge in [0.1, 0.15) is 17.5 Å². The van der Waals surface area contributed by atoms with Crippen LogP contribution in [0.4, 0.5) is 13.2 Å². The zero-order valence-corrected chi connectivity index (χ0v) is 44.7. The van der Waals surface area contributed by atoms with Gasteiger partial charge < -0.3 is 51.1 Å². The van der Waals surface area contributed by atoms with Crippen molar-refractivity contribution >= 4 is 84.0 Å². The third-order valence-corrected chi connectivity index (χ3v) is 10.7. The van der Waals surface area contributed by atoms with Crippen LogP contribution in [0.25, 0.3) is 24.3 Å². The van der Waals surface area contributed by atoms with E-state index in [1.165, 1.54) is 103 Å².